The van der Waals surface area contributed by atoms with Gasteiger partial charge in [-0.05, 0) is 56.7 Å². The number of sulfonamides is 1. The lowest BCUT2D eigenvalue weighted by Crippen LogP contribution is -2.48. The molecule has 0 aromatic heterocycles. The summed E-state index contributed by atoms with van der Waals surface area (Å²) in [7, 11) is -3.72. The molecule has 3 rings (SSSR count). The molecule has 0 spiro atoms. The maximum Gasteiger partial charge on any atom is 0.259 e. The molecule has 2 amide bonds. The number of nitrogens with one attached hydrogen (secondary N) is 1. The van der Waals surface area contributed by atoms with Gasteiger partial charge in [0.15, 0.2) is 6.61 Å². The molecule has 2 fully saturated rings. The third-order valence-electron chi connectivity index (χ3n) is 5.30. The van der Waals surface area contributed by atoms with Crippen LogP contribution in [0.3, 0.4) is 0 Å². The van der Waals surface area contributed by atoms with E-state index in [2.05, 4.69) is 11.4 Å². The van der Waals surface area contributed by atoms with E-state index in [1.54, 1.807) is 6.92 Å². The second kappa shape index (κ2) is 8.00. The van der Waals surface area contributed by atoms with Crippen LogP contribution >= 0.6 is 0 Å². The van der Waals surface area contributed by atoms with E-state index in [0.717, 1.165) is 25.7 Å². The molecule has 29 heavy (non-hydrogen) atoms. The van der Waals surface area contributed by atoms with Gasteiger partial charge in [0.25, 0.3) is 11.8 Å². The molecular weight excluding hydrogens is 396 g/mol. The minimum absolute atomic E-state index is 0.0121. The van der Waals surface area contributed by atoms with Crippen LogP contribution in [0.5, 0.6) is 5.75 Å². The lowest BCUT2D eigenvalue weighted by Gasteiger charge is -2.23. The zero-order valence-electron chi connectivity index (χ0n) is 16.2. The minimum atomic E-state index is -3.72. The lowest BCUT2D eigenvalue weighted by atomic mass is 9.98. The standard InChI is InChI=1S/C19H24N4O5S/c1-19(12-20,13-4-5-13)22-17(24)11-28-16-7-6-14(10-15(16)18(21)25)29(26,27)23-8-2-3-9-23/h6-7,10,13H,2-5,8-9,11H2,1H3,(H2,21,25)(H,22,24)/t19-/m0/s1. The molecule has 1 atom stereocenters. The molecule has 10 heteroatoms. The minimum Gasteiger partial charge on any atom is -0.483 e. The fourth-order valence-corrected chi connectivity index (χ4v) is 4.96. The Morgan fingerprint density at radius 2 is 2.00 bits per heavy atom. The highest BCUT2D eigenvalue weighted by Crippen LogP contribution is 2.39. The summed E-state index contributed by atoms with van der Waals surface area (Å²) in [5, 5.41) is 12.0. The van der Waals surface area contributed by atoms with Crippen molar-refractivity contribution < 1.29 is 22.7 Å². The summed E-state index contributed by atoms with van der Waals surface area (Å²) in [5.74, 6) is -1.24. The fourth-order valence-electron chi connectivity index (χ4n) is 3.42. The van der Waals surface area contributed by atoms with Gasteiger partial charge in [-0.25, -0.2) is 8.42 Å². The summed E-state index contributed by atoms with van der Waals surface area (Å²) >= 11 is 0. The van der Waals surface area contributed by atoms with Gasteiger partial charge in [-0.15, -0.1) is 0 Å². The highest BCUT2D eigenvalue weighted by atomic mass is 32.2. The summed E-state index contributed by atoms with van der Waals surface area (Å²) in [4.78, 5) is 24.0. The monoisotopic (exact) mass is 420 g/mol. The van der Waals surface area contributed by atoms with Crippen molar-refractivity contribution in [3.63, 3.8) is 0 Å². The van der Waals surface area contributed by atoms with Gasteiger partial charge in [-0.3, -0.25) is 9.59 Å². The summed E-state index contributed by atoms with van der Waals surface area (Å²) in [6, 6.07) is 5.94. The molecule has 1 aromatic carbocycles. The van der Waals surface area contributed by atoms with Crippen LogP contribution in [0.15, 0.2) is 23.1 Å². The van der Waals surface area contributed by atoms with Crippen LogP contribution in [0.2, 0.25) is 0 Å². The number of benzene rings is 1. The number of amides is 2. The van der Waals surface area contributed by atoms with Gasteiger partial charge >= 0.3 is 0 Å². The van der Waals surface area contributed by atoms with Gasteiger partial charge in [-0.2, -0.15) is 9.57 Å². The SMILES string of the molecule is C[C@@](C#N)(NC(=O)COc1ccc(S(=O)(=O)N2CCCC2)cc1C(N)=O)C1CC1. The molecule has 9 nitrogen and oxygen atoms in total. The summed E-state index contributed by atoms with van der Waals surface area (Å²) < 4.78 is 32.1. The first kappa shape index (κ1) is 21.1. The number of hydrogen-bond acceptors (Lipinski definition) is 6. The molecule has 1 saturated carbocycles. The van der Waals surface area contributed by atoms with Crippen LogP contribution in [-0.2, 0) is 14.8 Å². The third kappa shape index (κ3) is 4.52. The Hall–Kier alpha value is -2.64. The average molecular weight is 420 g/mol. The maximum absolute atomic E-state index is 12.7. The average Bonchev–Trinajstić information content (AvgIpc) is 3.40. The molecule has 0 radical (unpaired) electrons. The van der Waals surface area contributed by atoms with E-state index in [-0.39, 0.29) is 22.1 Å². The third-order valence-corrected chi connectivity index (χ3v) is 7.20. The van der Waals surface area contributed by atoms with Crippen molar-refractivity contribution in [1.29, 1.82) is 5.26 Å². The molecular formula is C19H24N4O5S. The largest absolute Gasteiger partial charge is 0.483 e. The van der Waals surface area contributed by atoms with E-state index in [1.165, 1.54) is 22.5 Å². The van der Waals surface area contributed by atoms with Gasteiger partial charge < -0.3 is 15.8 Å². The maximum atomic E-state index is 12.7. The van der Waals surface area contributed by atoms with E-state index >= 15 is 0 Å². The molecule has 156 valence electrons. The van der Waals surface area contributed by atoms with Gasteiger partial charge in [-0.1, -0.05) is 0 Å². The van der Waals surface area contributed by atoms with Gasteiger partial charge in [0.05, 0.1) is 16.5 Å². The van der Waals surface area contributed by atoms with Gasteiger partial charge in [0, 0.05) is 13.1 Å². The molecule has 0 bridgehead atoms. The molecule has 0 unspecified atom stereocenters. The zero-order valence-corrected chi connectivity index (χ0v) is 17.0. The van der Waals surface area contributed by atoms with Crippen molar-refractivity contribution >= 4 is 21.8 Å². The summed E-state index contributed by atoms with van der Waals surface area (Å²) in [6.07, 6.45) is 3.34. The Labute approximate surface area is 169 Å². The number of nitrogens with zero attached hydrogens (tertiary/aromatic N) is 2. The molecule has 1 aliphatic carbocycles. The van der Waals surface area contributed by atoms with Crippen LogP contribution in [0.25, 0.3) is 0 Å². The van der Waals surface area contributed by atoms with Crippen molar-refractivity contribution in [3.8, 4) is 11.8 Å². The van der Waals surface area contributed by atoms with Crippen molar-refractivity contribution in [3.05, 3.63) is 23.8 Å². The first-order chi connectivity index (χ1) is 13.7. The van der Waals surface area contributed by atoms with Crippen LogP contribution < -0.4 is 15.8 Å². The predicted molar refractivity (Wildman–Crippen MR) is 103 cm³/mol. The van der Waals surface area contributed by atoms with E-state index in [9.17, 15) is 23.3 Å². The Morgan fingerprint density at radius 1 is 1.34 bits per heavy atom. The van der Waals surface area contributed by atoms with Crippen LogP contribution in [0.1, 0.15) is 43.0 Å². The molecule has 2 aliphatic rings. The second-order valence-electron chi connectivity index (χ2n) is 7.56. The van der Waals surface area contributed by atoms with E-state index < -0.39 is 34.0 Å². The van der Waals surface area contributed by atoms with E-state index in [4.69, 9.17) is 10.5 Å². The van der Waals surface area contributed by atoms with E-state index in [1.807, 2.05) is 0 Å². The second-order valence-corrected chi connectivity index (χ2v) is 9.50. The summed E-state index contributed by atoms with van der Waals surface area (Å²) in [5.41, 5.74) is 4.31. The number of primary amides is 1. The van der Waals surface area contributed by atoms with Crippen LogP contribution in [0, 0.1) is 17.2 Å². The Bertz CT molecular complexity index is 961. The normalized spacial score (nSPS) is 19.2. The predicted octanol–water partition coefficient (Wildman–Crippen LogP) is 0.757. The zero-order chi connectivity index (χ0) is 21.2. The van der Waals surface area contributed by atoms with Crippen molar-refractivity contribution in [2.24, 2.45) is 11.7 Å². The molecule has 3 N–H and O–H groups in total. The number of nitriles is 1. The molecule has 1 aliphatic heterocycles. The van der Waals surface area contributed by atoms with Crippen molar-refractivity contribution in [2.75, 3.05) is 19.7 Å². The number of nitrogens with two attached hydrogens (primary N) is 1. The van der Waals surface area contributed by atoms with Gasteiger partial charge in [0.1, 0.15) is 11.3 Å². The number of carbonyl (C=O) groups excluding carboxylic acids is 2. The molecule has 1 heterocycles. The number of rotatable bonds is 8. The number of hydrogen-bond donors (Lipinski definition) is 2. The highest BCUT2D eigenvalue weighted by molar-refractivity contribution is 7.89. The quantitative estimate of drug-likeness (QED) is 0.635. The Morgan fingerprint density at radius 3 is 2.55 bits per heavy atom. The van der Waals surface area contributed by atoms with Crippen molar-refractivity contribution in [2.45, 2.75) is 43.0 Å². The number of carbonyl (C=O) groups is 2. The molecule has 1 aromatic rings. The highest BCUT2D eigenvalue weighted by Gasteiger charge is 2.43. The van der Waals surface area contributed by atoms with Crippen LogP contribution in [-0.4, -0.2) is 49.8 Å². The number of ether oxygens (including phenoxy) is 1. The first-order valence-corrected chi connectivity index (χ1v) is 10.9. The topological polar surface area (TPSA) is 143 Å². The van der Waals surface area contributed by atoms with Crippen molar-refractivity contribution in [1.82, 2.24) is 9.62 Å². The molecule has 1 saturated heterocycles. The smallest absolute Gasteiger partial charge is 0.259 e. The first-order valence-electron chi connectivity index (χ1n) is 9.46. The Kier molecular flexibility index (Phi) is 5.82. The Balaban J connectivity index is 1.73. The fraction of sp³-hybridized carbons (Fsp3) is 0.526. The van der Waals surface area contributed by atoms with Crippen LogP contribution in [0.4, 0.5) is 0 Å². The van der Waals surface area contributed by atoms with E-state index in [0.29, 0.717) is 13.1 Å². The lowest BCUT2D eigenvalue weighted by molar-refractivity contribution is -0.124. The van der Waals surface area contributed by atoms with Gasteiger partial charge in [0.2, 0.25) is 10.0 Å². The summed E-state index contributed by atoms with van der Waals surface area (Å²) in [6.45, 7) is 2.11.